The van der Waals surface area contributed by atoms with E-state index in [1.54, 1.807) is 6.20 Å². The Morgan fingerprint density at radius 2 is 1.88 bits per heavy atom. The Bertz CT molecular complexity index is 806. The summed E-state index contributed by atoms with van der Waals surface area (Å²) in [4.78, 5) is 31.2. The van der Waals surface area contributed by atoms with Gasteiger partial charge in [0.15, 0.2) is 0 Å². The summed E-state index contributed by atoms with van der Waals surface area (Å²) in [6.07, 6.45) is 1.77. The number of aromatic amines is 1. The predicted molar refractivity (Wildman–Crippen MR) is 101 cm³/mol. The molecule has 1 saturated heterocycles. The standard InChI is InChI=1S/C19H26N4O3/c1-12(2)18(24)21-13-4-5-14-15(11-20-16(14)10-13)17(19(25)26)23-8-6-22(3)7-9-23/h4-5,10-12,17,20H,6-9H2,1-3H3,(H,21,24)(H,25,26). The largest absolute Gasteiger partial charge is 0.480 e. The normalized spacial score (nSPS) is 17.5. The number of likely N-dealkylation sites (N-methyl/N-ethyl adjacent to an activating group) is 1. The lowest BCUT2D eigenvalue weighted by atomic mass is 10.0. The fourth-order valence-corrected chi connectivity index (χ4v) is 3.31. The third-order valence-electron chi connectivity index (χ3n) is 4.94. The van der Waals surface area contributed by atoms with Gasteiger partial charge in [0, 0.05) is 60.4 Å². The summed E-state index contributed by atoms with van der Waals surface area (Å²) in [5, 5.41) is 13.6. The van der Waals surface area contributed by atoms with E-state index >= 15 is 0 Å². The van der Waals surface area contributed by atoms with Crippen molar-refractivity contribution in [3.63, 3.8) is 0 Å². The van der Waals surface area contributed by atoms with Crippen LogP contribution in [0, 0.1) is 5.92 Å². The number of hydrogen-bond acceptors (Lipinski definition) is 4. The number of carboxylic acid groups (broad SMARTS) is 1. The number of hydrogen-bond donors (Lipinski definition) is 3. The minimum atomic E-state index is -0.840. The molecule has 3 N–H and O–H groups in total. The maximum Gasteiger partial charge on any atom is 0.325 e. The van der Waals surface area contributed by atoms with Gasteiger partial charge in [0.25, 0.3) is 0 Å². The van der Waals surface area contributed by atoms with Gasteiger partial charge in [-0.2, -0.15) is 0 Å². The van der Waals surface area contributed by atoms with E-state index in [1.807, 2.05) is 44.0 Å². The Balaban J connectivity index is 1.89. The number of nitrogens with zero attached hydrogens (tertiary/aromatic N) is 2. The molecule has 7 nitrogen and oxygen atoms in total. The number of piperazine rings is 1. The van der Waals surface area contributed by atoms with Gasteiger partial charge in [-0.25, -0.2) is 0 Å². The first kappa shape index (κ1) is 18.4. The minimum absolute atomic E-state index is 0.0445. The van der Waals surface area contributed by atoms with Gasteiger partial charge in [-0.1, -0.05) is 19.9 Å². The third kappa shape index (κ3) is 3.73. The zero-order chi connectivity index (χ0) is 18.8. The Hall–Kier alpha value is -2.38. The van der Waals surface area contributed by atoms with Crippen LogP contribution in [-0.4, -0.2) is 65.0 Å². The van der Waals surface area contributed by atoms with E-state index < -0.39 is 12.0 Å². The van der Waals surface area contributed by atoms with Crippen molar-refractivity contribution in [2.75, 3.05) is 38.5 Å². The molecule has 0 radical (unpaired) electrons. The quantitative estimate of drug-likeness (QED) is 0.762. The van der Waals surface area contributed by atoms with Gasteiger partial charge in [0.05, 0.1) is 0 Å². The molecule has 1 aromatic carbocycles. The van der Waals surface area contributed by atoms with Crippen LogP contribution in [0.4, 0.5) is 5.69 Å². The summed E-state index contributed by atoms with van der Waals surface area (Å²) in [6, 6.07) is 4.88. The number of benzene rings is 1. The number of H-pyrrole nitrogens is 1. The lowest BCUT2D eigenvalue weighted by Crippen LogP contribution is -2.47. The van der Waals surface area contributed by atoms with Crippen LogP contribution in [-0.2, 0) is 9.59 Å². The Kier molecular flexibility index (Phi) is 5.29. The maximum atomic E-state index is 12.0. The molecule has 3 rings (SSSR count). The highest BCUT2D eigenvalue weighted by molar-refractivity contribution is 5.96. The first-order chi connectivity index (χ1) is 12.4. The number of fused-ring (bicyclic) bond motifs is 1. The van der Waals surface area contributed by atoms with Crippen LogP contribution < -0.4 is 5.32 Å². The number of carboxylic acids is 1. The van der Waals surface area contributed by atoms with Gasteiger partial charge in [-0.15, -0.1) is 0 Å². The highest BCUT2D eigenvalue weighted by Crippen LogP contribution is 2.31. The average Bonchev–Trinajstić information content (AvgIpc) is 2.99. The number of aliphatic carboxylic acids is 1. The van der Waals surface area contributed by atoms with E-state index in [0.717, 1.165) is 42.6 Å². The molecule has 1 unspecified atom stereocenters. The summed E-state index contributed by atoms with van der Waals surface area (Å²) in [5.41, 5.74) is 2.29. The number of amides is 1. The van der Waals surface area contributed by atoms with Crippen LogP contribution in [0.2, 0.25) is 0 Å². The molecule has 2 heterocycles. The van der Waals surface area contributed by atoms with Crippen molar-refractivity contribution in [1.29, 1.82) is 0 Å². The molecule has 1 aliphatic heterocycles. The third-order valence-corrected chi connectivity index (χ3v) is 4.94. The van der Waals surface area contributed by atoms with Crippen LogP contribution in [0.15, 0.2) is 24.4 Å². The van der Waals surface area contributed by atoms with Crippen molar-refractivity contribution < 1.29 is 14.7 Å². The average molecular weight is 358 g/mol. The van der Waals surface area contributed by atoms with Crippen LogP contribution in [0.5, 0.6) is 0 Å². The monoisotopic (exact) mass is 358 g/mol. The number of carbonyl (C=O) groups excluding carboxylic acids is 1. The SMILES string of the molecule is CC(C)C(=O)Nc1ccc2c(C(C(=O)O)N3CCN(C)CC3)c[nH]c2c1. The van der Waals surface area contributed by atoms with Crippen LogP contribution >= 0.6 is 0 Å². The van der Waals surface area contributed by atoms with Crippen molar-refractivity contribution in [3.8, 4) is 0 Å². The number of carbonyl (C=O) groups is 2. The van der Waals surface area contributed by atoms with Gasteiger partial charge in [0.1, 0.15) is 6.04 Å². The highest BCUT2D eigenvalue weighted by atomic mass is 16.4. The molecular weight excluding hydrogens is 332 g/mol. The molecule has 2 aromatic rings. The summed E-state index contributed by atoms with van der Waals surface area (Å²) in [6.45, 7) is 6.85. The minimum Gasteiger partial charge on any atom is -0.480 e. The van der Waals surface area contributed by atoms with Crippen molar-refractivity contribution in [2.24, 2.45) is 5.92 Å². The van der Waals surface area contributed by atoms with E-state index in [0.29, 0.717) is 5.69 Å². The molecule has 1 atom stereocenters. The molecule has 140 valence electrons. The molecule has 0 bridgehead atoms. The molecule has 1 aromatic heterocycles. The second-order valence-corrected chi connectivity index (χ2v) is 7.23. The van der Waals surface area contributed by atoms with E-state index in [1.165, 1.54) is 0 Å². The van der Waals surface area contributed by atoms with Crippen LogP contribution in [0.25, 0.3) is 10.9 Å². The van der Waals surface area contributed by atoms with Crippen molar-refractivity contribution >= 4 is 28.5 Å². The smallest absolute Gasteiger partial charge is 0.325 e. The summed E-state index contributed by atoms with van der Waals surface area (Å²) in [7, 11) is 2.05. The molecule has 0 aliphatic carbocycles. The van der Waals surface area contributed by atoms with Crippen molar-refractivity contribution in [2.45, 2.75) is 19.9 Å². The molecular formula is C19H26N4O3. The zero-order valence-electron chi connectivity index (χ0n) is 15.5. The Labute approximate surface area is 153 Å². The van der Waals surface area contributed by atoms with Gasteiger partial charge in [0.2, 0.25) is 5.91 Å². The second-order valence-electron chi connectivity index (χ2n) is 7.23. The Morgan fingerprint density at radius 1 is 1.19 bits per heavy atom. The Morgan fingerprint density at radius 3 is 2.50 bits per heavy atom. The van der Waals surface area contributed by atoms with Crippen molar-refractivity contribution in [3.05, 3.63) is 30.0 Å². The first-order valence-electron chi connectivity index (χ1n) is 8.94. The summed E-state index contributed by atoms with van der Waals surface area (Å²) in [5.74, 6) is -0.983. The van der Waals surface area contributed by atoms with Crippen LogP contribution in [0.3, 0.4) is 0 Å². The van der Waals surface area contributed by atoms with E-state index in [4.69, 9.17) is 0 Å². The van der Waals surface area contributed by atoms with E-state index in [-0.39, 0.29) is 11.8 Å². The van der Waals surface area contributed by atoms with Gasteiger partial charge in [-0.05, 0) is 19.2 Å². The first-order valence-corrected chi connectivity index (χ1v) is 8.94. The second kappa shape index (κ2) is 7.47. The molecule has 26 heavy (non-hydrogen) atoms. The fraction of sp³-hybridized carbons (Fsp3) is 0.474. The van der Waals surface area contributed by atoms with E-state index in [2.05, 4.69) is 15.2 Å². The lowest BCUT2D eigenvalue weighted by Gasteiger charge is -2.36. The number of nitrogens with one attached hydrogen (secondary N) is 2. The summed E-state index contributed by atoms with van der Waals surface area (Å²) >= 11 is 0. The van der Waals surface area contributed by atoms with Crippen molar-refractivity contribution in [1.82, 2.24) is 14.8 Å². The topological polar surface area (TPSA) is 88.7 Å². The zero-order valence-corrected chi connectivity index (χ0v) is 15.5. The molecule has 1 aliphatic rings. The van der Waals surface area contributed by atoms with Gasteiger partial charge in [-0.3, -0.25) is 14.5 Å². The van der Waals surface area contributed by atoms with Gasteiger partial charge < -0.3 is 20.3 Å². The molecule has 1 amide bonds. The fourth-order valence-electron chi connectivity index (χ4n) is 3.31. The summed E-state index contributed by atoms with van der Waals surface area (Å²) < 4.78 is 0. The number of aromatic nitrogens is 1. The van der Waals surface area contributed by atoms with Crippen LogP contribution in [0.1, 0.15) is 25.5 Å². The number of rotatable bonds is 5. The molecule has 0 saturated carbocycles. The molecule has 7 heteroatoms. The lowest BCUT2D eigenvalue weighted by molar-refractivity contribution is -0.144. The highest BCUT2D eigenvalue weighted by Gasteiger charge is 2.31. The maximum absolute atomic E-state index is 12.0. The predicted octanol–water partition coefficient (Wildman–Crippen LogP) is 2.14. The van der Waals surface area contributed by atoms with E-state index in [9.17, 15) is 14.7 Å². The van der Waals surface area contributed by atoms with Gasteiger partial charge >= 0.3 is 5.97 Å². The number of anilines is 1. The molecule has 0 spiro atoms. The molecule has 1 fully saturated rings.